The van der Waals surface area contributed by atoms with Gasteiger partial charge in [0, 0.05) is 6.54 Å². The van der Waals surface area contributed by atoms with Gasteiger partial charge in [-0.1, -0.05) is 30.4 Å². The molecule has 104 valence electrons. The zero-order valence-electron chi connectivity index (χ0n) is 11.6. The first-order chi connectivity index (χ1) is 9.81. The van der Waals surface area contributed by atoms with Crippen LogP contribution in [-0.4, -0.2) is 19.7 Å². The van der Waals surface area contributed by atoms with Gasteiger partial charge in [-0.2, -0.15) is 0 Å². The van der Waals surface area contributed by atoms with Crippen LogP contribution >= 0.6 is 11.3 Å². The second-order valence-electron chi connectivity index (χ2n) is 4.47. The number of hydrogen-bond acceptors (Lipinski definition) is 5. The second-order valence-corrected chi connectivity index (χ2v) is 5.53. The van der Waals surface area contributed by atoms with Gasteiger partial charge < -0.3 is 9.88 Å². The molecule has 0 saturated heterocycles. The average Bonchev–Trinajstić information content (AvgIpc) is 3.08. The molecule has 0 radical (unpaired) electrons. The van der Waals surface area contributed by atoms with Crippen LogP contribution < -0.4 is 5.32 Å². The molecular weight excluding hydrogens is 270 g/mol. The van der Waals surface area contributed by atoms with Gasteiger partial charge in [0.2, 0.25) is 5.13 Å². The fourth-order valence-corrected chi connectivity index (χ4v) is 2.91. The molecule has 0 saturated carbocycles. The third-order valence-electron chi connectivity index (χ3n) is 3.22. The maximum atomic E-state index is 4.68. The highest BCUT2D eigenvalue weighted by Gasteiger charge is 2.09. The molecule has 1 N–H and O–H groups in total. The third-order valence-corrected chi connectivity index (χ3v) is 4.24. The zero-order chi connectivity index (χ0) is 13.9. The molecule has 0 aliphatic carbocycles. The number of aromatic nitrogens is 4. The van der Waals surface area contributed by atoms with E-state index in [1.54, 1.807) is 11.3 Å². The lowest BCUT2D eigenvalue weighted by Gasteiger charge is -2.06. The van der Waals surface area contributed by atoms with Crippen LogP contribution in [0.25, 0.3) is 11.0 Å². The number of hydrogen-bond donors (Lipinski definition) is 1. The Hall–Kier alpha value is -1.95. The van der Waals surface area contributed by atoms with Crippen LogP contribution in [0.15, 0.2) is 24.3 Å². The summed E-state index contributed by atoms with van der Waals surface area (Å²) in [6, 6.07) is 8.22. The summed E-state index contributed by atoms with van der Waals surface area (Å²) in [4.78, 5) is 4.68. The van der Waals surface area contributed by atoms with Crippen molar-refractivity contribution in [1.29, 1.82) is 0 Å². The molecule has 0 bridgehead atoms. The van der Waals surface area contributed by atoms with E-state index in [2.05, 4.69) is 45.0 Å². The van der Waals surface area contributed by atoms with Gasteiger partial charge >= 0.3 is 0 Å². The monoisotopic (exact) mass is 287 g/mol. The van der Waals surface area contributed by atoms with Gasteiger partial charge in [0.05, 0.1) is 17.6 Å². The maximum Gasteiger partial charge on any atom is 0.206 e. The lowest BCUT2D eigenvalue weighted by atomic mass is 10.3. The normalized spacial score (nSPS) is 11.1. The van der Waals surface area contributed by atoms with E-state index in [9.17, 15) is 0 Å². The Labute approximate surface area is 121 Å². The number of benzene rings is 1. The van der Waals surface area contributed by atoms with E-state index in [0.29, 0.717) is 6.54 Å². The molecule has 6 heteroatoms. The topological polar surface area (TPSA) is 55.6 Å². The summed E-state index contributed by atoms with van der Waals surface area (Å²) in [7, 11) is 0. The van der Waals surface area contributed by atoms with Gasteiger partial charge in [-0.15, -0.1) is 10.2 Å². The summed E-state index contributed by atoms with van der Waals surface area (Å²) < 4.78 is 2.23. The Morgan fingerprint density at radius 3 is 2.80 bits per heavy atom. The van der Waals surface area contributed by atoms with Crippen molar-refractivity contribution in [3.05, 3.63) is 35.1 Å². The molecule has 3 rings (SSSR count). The lowest BCUT2D eigenvalue weighted by molar-refractivity contribution is 0.728. The Morgan fingerprint density at radius 2 is 2.05 bits per heavy atom. The van der Waals surface area contributed by atoms with Gasteiger partial charge in [0.15, 0.2) is 0 Å². The largest absolute Gasteiger partial charge is 0.353 e. The quantitative estimate of drug-likeness (QED) is 0.783. The SMILES string of the molecule is CCc1nnc(NCc2nc3ccccc3n2CC)s1. The predicted octanol–water partition coefficient (Wildman–Crippen LogP) is 3.08. The summed E-state index contributed by atoms with van der Waals surface area (Å²) >= 11 is 1.60. The number of anilines is 1. The molecule has 2 aromatic heterocycles. The molecule has 0 fully saturated rings. The minimum absolute atomic E-state index is 0.668. The van der Waals surface area contributed by atoms with Crippen LogP contribution in [0, 0.1) is 0 Å². The number of rotatable bonds is 5. The minimum atomic E-state index is 0.668. The van der Waals surface area contributed by atoms with Crippen molar-refractivity contribution in [3.8, 4) is 0 Å². The Balaban J connectivity index is 1.83. The lowest BCUT2D eigenvalue weighted by Crippen LogP contribution is -2.07. The van der Waals surface area contributed by atoms with Gasteiger partial charge in [-0.3, -0.25) is 0 Å². The zero-order valence-corrected chi connectivity index (χ0v) is 12.4. The van der Waals surface area contributed by atoms with Gasteiger partial charge in [0.25, 0.3) is 0 Å². The molecule has 2 heterocycles. The van der Waals surface area contributed by atoms with Crippen molar-refractivity contribution >= 4 is 27.5 Å². The number of fused-ring (bicyclic) bond motifs is 1. The summed E-state index contributed by atoms with van der Waals surface area (Å²) in [6.07, 6.45) is 0.923. The predicted molar refractivity (Wildman–Crippen MR) is 82.0 cm³/mol. The van der Waals surface area contributed by atoms with Gasteiger partial charge in [-0.25, -0.2) is 4.98 Å². The molecule has 5 nitrogen and oxygen atoms in total. The van der Waals surface area contributed by atoms with E-state index in [1.807, 2.05) is 18.2 Å². The third kappa shape index (κ3) is 2.38. The Kier molecular flexibility index (Phi) is 3.64. The standard InChI is InChI=1S/C14H17N5S/c1-3-13-17-18-14(20-13)15-9-12-16-10-7-5-6-8-11(10)19(12)4-2/h5-8H,3-4,9H2,1-2H3,(H,15,18). The van der Waals surface area contributed by atoms with Crippen LogP contribution in [0.1, 0.15) is 24.7 Å². The van der Waals surface area contributed by atoms with Gasteiger partial charge in [0.1, 0.15) is 10.8 Å². The molecule has 0 amide bonds. The minimum Gasteiger partial charge on any atom is -0.353 e. The van der Waals surface area contributed by atoms with Crippen molar-refractivity contribution < 1.29 is 0 Å². The average molecular weight is 287 g/mol. The highest BCUT2D eigenvalue weighted by molar-refractivity contribution is 7.15. The molecule has 0 atom stereocenters. The maximum absolute atomic E-state index is 4.68. The van der Waals surface area contributed by atoms with Crippen molar-refractivity contribution in [2.45, 2.75) is 33.4 Å². The van der Waals surface area contributed by atoms with E-state index in [-0.39, 0.29) is 0 Å². The fourth-order valence-electron chi connectivity index (χ4n) is 2.24. The number of aryl methyl sites for hydroxylation is 2. The molecular formula is C14H17N5S. The smallest absolute Gasteiger partial charge is 0.206 e. The van der Waals surface area contributed by atoms with Gasteiger partial charge in [-0.05, 0) is 25.5 Å². The van der Waals surface area contributed by atoms with Crippen molar-refractivity contribution in [1.82, 2.24) is 19.7 Å². The number of para-hydroxylation sites is 2. The summed E-state index contributed by atoms with van der Waals surface area (Å²) in [5, 5.41) is 13.5. The highest BCUT2D eigenvalue weighted by atomic mass is 32.1. The molecule has 0 unspecified atom stereocenters. The molecule has 0 aliphatic rings. The second kappa shape index (κ2) is 5.58. The first-order valence-corrected chi connectivity index (χ1v) is 7.63. The van der Waals surface area contributed by atoms with Crippen LogP contribution in [0.5, 0.6) is 0 Å². The number of nitrogens with zero attached hydrogens (tertiary/aromatic N) is 4. The van der Waals surface area contributed by atoms with E-state index in [1.165, 1.54) is 5.52 Å². The summed E-state index contributed by atoms with van der Waals surface area (Å²) in [5.74, 6) is 1.03. The number of imidazole rings is 1. The van der Waals surface area contributed by atoms with Crippen molar-refractivity contribution in [2.24, 2.45) is 0 Å². The van der Waals surface area contributed by atoms with Crippen LogP contribution in [0.3, 0.4) is 0 Å². The highest BCUT2D eigenvalue weighted by Crippen LogP contribution is 2.19. The van der Waals surface area contributed by atoms with E-state index >= 15 is 0 Å². The Morgan fingerprint density at radius 1 is 1.20 bits per heavy atom. The molecule has 3 aromatic rings. The molecule has 0 spiro atoms. The Bertz CT molecular complexity index is 715. The fraction of sp³-hybridized carbons (Fsp3) is 0.357. The molecule has 20 heavy (non-hydrogen) atoms. The van der Waals surface area contributed by atoms with E-state index < -0.39 is 0 Å². The van der Waals surface area contributed by atoms with E-state index in [0.717, 1.165) is 34.4 Å². The van der Waals surface area contributed by atoms with E-state index in [4.69, 9.17) is 0 Å². The molecule has 0 aliphatic heterocycles. The summed E-state index contributed by atoms with van der Waals surface area (Å²) in [5.41, 5.74) is 2.22. The van der Waals surface area contributed by atoms with Crippen LogP contribution in [0.4, 0.5) is 5.13 Å². The summed E-state index contributed by atoms with van der Waals surface area (Å²) in [6.45, 7) is 5.80. The van der Waals surface area contributed by atoms with Crippen LogP contribution in [0.2, 0.25) is 0 Å². The first kappa shape index (κ1) is 13.1. The van der Waals surface area contributed by atoms with Crippen molar-refractivity contribution in [3.63, 3.8) is 0 Å². The molecule has 1 aromatic carbocycles. The first-order valence-electron chi connectivity index (χ1n) is 6.82. The van der Waals surface area contributed by atoms with Crippen molar-refractivity contribution in [2.75, 3.05) is 5.32 Å². The van der Waals surface area contributed by atoms with Crippen LogP contribution in [-0.2, 0) is 19.5 Å². The number of nitrogens with one attached hydrogen (secondary N) is 1.